The summed E-state index contributed by atoms with van der Waals surface area (Å²) in [7, 11) is 0. The maximum Gasteiger partial charge on any atom is 0.335 e. The summed E-state index contributed by atoms with van der Waals surface area (Å²) < 4.78 is 19.8. The SMILES string of the molecule is Cc1cccc(N2C(=O)NC(=O)/C(=C\c3cc(Br)ccc3OCc3ccc(F)cc3)C2=O)c1C. The lowest BCUT2D eigenvalue weighted by Crippen LogP contribution is -2.54. The van der Waals surface area contributed by atoms with Gasteiger partial charge < -0.3 is 4.74 Å². The van der Waals surface area contributed by atoms with Crippen LogP contribution in [0.2, 0.25) is 0 Å². The molecule has 1 fully saturated rings. The van der Waals surface area contributed by atoms with Gasteiger partial charge in [-0.15, -0.1) is 0 Å². The number of hydrogen-bond donors (Lipinski definition) is 1. The topological polar surface area (TPSA) is 75.7 Å². The van der Waals surface area contributed by atoms with E-state index in [-0.39, 0.29) is 18.0 Å². The van der Waals surface area contributed by atoms with Gasteiger partial charge in [0, 0.05) is 10.0 Å². The number of carbonyl (C=O) groups excluding carboxylic acids is 3. The number of urea groups is 1. The van der Waals surface area contributed by atoms with E-state index in [1.807, 2.05) is 13.0 Å². The summed E-state index contributed by atoms with van der Waals surface area (Å²) in [6, 6.07) is 15.5. The van der Waals surface area contributed by atoms with Gasteiger partial charge in [0.2, 0.25) is 0 Å². The van der Waals surface area contributed by atoms with E-state index in [1.54, 1.807) is 49.4 Å². The van der Waals surface area contributed by atoms with E-state index >= 15 is 0 Å². The third-order valence-corrected chi connectivity index (χ3v) is 5.99. The van der Waals surface area contributed by atoms with Crippen LogP contribution in [0.25, 0.3) is 6.08 Å². The van der Waals surface area contributed by atoms with Crippen LogP contribution in [-0.4, -0.2) is 17.8 Å². The van der Waals surface area contributed by atoms with Gasteiger partial charge in [-0.2, -0.15) is 0 Å². The molecule has 0 unspecified atom stereocenters. The van der Waals surface area contributed by atoms with Gasteiger partial charge in [-0.25, -0.2) is 14.1 Å². The highest BCUT2D eigenvalue weighted by Crippen LogP contribution is 2.30. The van der Waals surface area contributed by atoms with Crippen LogP contribution in [0.4, 0.5) is 14.9 Å². The molecule has 3 aromatic carbocycles. The minimum absolute atomic E-state index is 0.158. The Balaban J connectivity index is 1.69. The third-order valence-electron chi connectivity index (χ3n) is 5.50. The number of amides is 4. The fourth-order valence-corrected chi connectivity index (χ4v) is 3.89. The van der Waals surface area contributed by atoms with Crippen molar-refractivity contribution in [2.24, 2.45) is 0 Å². The maximum atomic E-state index is 13.3. The van der Waals surface area contributed by atoms with Crippen molar-refractivity contribution in [3.8, 4) is 5.75 Å². The number of hydrogen-bond acceptors (Lipinski definition) is 4. The Bertz CT molecular complexity index is 1340. The standard InChI is InChI=1S/C26H20BrFN2O4/c1-15-4-3-5-22(16(15)2)30-25(32)21(24(31)29-26(30)33)13-18-12-19(27)8-11-23(18)34-14-17-6-9-20(28)10-7-17/h3-13H,14H2,1-2H3,(H,29,31,33)/b21-13+. The van der Waals surface area contributed by atoms with Crippen LogP contribution in [-0.2, 0) is 16.2 Å². The number of imide groups is 2. The third kappa shape index (κ3) is 4.77. The molecule has 0 atom stereocenters. The predicted octanol–water partition coefficient (Wildman–Crippen LogP) is 5.45. The molecule has 8 heteroatoms. The molecule has 0 aromatic heterocycles. The summed E-state index contributed by atoms with van der Waals surface area (Å²) >= 11 is 3.39. The van der Waals surface area contributed by atoms with Crippen LogP contribution in [0.15, 0.2) is 70.7 Å². The monoisotopic (exact) mass is 522 g/mol. The summed E-state index contributed by atoms with van der Waals surface area (Å²) in [5.74, 6) is -1.45. The molecule has 1 heterocycles. The van der Waals surface area contributed by atoms with Crippen LogP contribution in [0.3, 0.4) is 0 Å². The molecular weight excluding hydrogens is 503 g/mol. The van der Waals surface area contributed by atoms with Crippen molar-refractivity contribution in [2.45, 2.75) is 20.5 Å². The molecule has 0 saturated carbocycles. The number of carbonyl (C=O) groups is 3. The van der Waals surface area contributed by atoms with E-state index < -0.39 is 17.8 Å². The van der Waals surface area contributed by atoms with E-state index in [0.29, 0.717) is 21.5 Å². The van der Waals surface area contributed by atoms with Crippen LogP contribution in [0, 0.1) is 19.7 Å². The number of nitrogens with one attached hydrogen (secondary N) is 1. The molecule has 1 saturated heterocycles. The molecule has 34 heavy (non-hydrogen) atoms. The van der Waals surface area contributed by atoms with Gasteiger partial charge in [-0.1, -0.05) is 40.2 Å². The van der Waals surface area contributed by atoms with E-state index in [4.69, 9.17) is 4.74 Å². The second-order valence-electron chi connectivity index (χ2n) is 7.77. The van der Waals surface area contributed by atoms with E-state index in [2.05, 4.69) is 21.2 Å². The van der Waals surface area contributed by atoms with Crippen LogP contribution >= 0.6 is 15.9 Å². The first kappa shape index (κ1) is 23.4. The van der Waals surface area contributed by atoms with Crippen molar-refractivity contribution in [1.29, 1.82) is 0 Å². The summed E-state index contributed by atoms with van der Waals surface area (Å²) in [5, 5.41) is 2.24. The van der Waals surface area contributed by atoms with Crippen LogP contribution in [0.1, 0.15) is 22.3 Å². The average molecular weight is 523 g/mol. The summed E-state index contributed by atoms with van der Waals surface area (Å²) in [5.41, 5.74) is 3.08. The second kappa shape index (κ2) is 9.61. The van der Waals surface area contributed by atoms with E-state index in [9.17, 15) is 18.8 Å². The summed E-state index contributed by atoms with van der Waals surface area (Å²) in [6.45, 7) is 3.84. The molecular formula is C26H20BrFN2O4. The average Bonchev–Trinajstić information content (AvgIpc) is 2.80. The number of halogens is 2. The number of ether oxygens (including phenoxy) is 1. The lowest BCUT2D eigenvalue weighted by atomic mass is 10.0. The smallest absolute Gasteiger partial charge is 0.335 e. The van der Waals surface area contributed by atoms with Gasteiger partial charge in [0.15, 0.2) is 0 Å². The Morgan fingerprint density at radius 3 is 2.50 bits per heavy atom. The molecule has 3 aromatic rings. The first-order valence-corrected chi connectivity index (χ1v) is 11.2. The summed E-state index contributed by atoms with van der Waals surface area (Å²) in [4.78, 5) is 39.5. The highest BCUT2D eigenvalue weighted by molar-refractivity contribution is 9.10. The molecule has 0 radical (unpaired) electrons. The Hall–Kier alpha value is -3.78. The molecule has 6 nitrogen and oxygen atoms in total. The van der Waals surface area contributed by atoms with Gasteiger partial charge in [-0.3, -0.25) is 14.9 Å². The lowest BCUT2D eigenvalue weighted by molar-refractivity contribution is -0.122. The Morgan fingerprint density at radius 2 is 1.76 bits per heavy atom. The zero-order valence-electron chi connectivity index (χ0n) is 18.4. The zero-order valence-corrected chi connectivity index (χ0v) is 20.0. The number of aryl methyl sites for hydroxylation is 1. The minimum Gasteiger partial charge on any atom is -0.488 e. The molecule has 0 spiro atoms. The van der Waals surface area contributed by atoms with Gasteiger partial charge in [0.1, 0.15) is 23.7 Å². The maximum absolute atomic E-state index is 13.3. The van der Waals surface area contributed by atoms with Gasteiger partial charge in [0.25, 0.3) is 11.8 Å². The predicted molar refractivity (Wildman–Crippen MR) is 130 cm³/mol. The Labute approximate surface area is 204 Å². The molecule has 172 valence electrons. The zero-order chi connectivity index (χ0) is 24.4. The number of anilines is 1. The summed E-state index contributed by atoms with van der Waals surface area (Å²) in [6.07, 6.45) is 1.40. The fraction of sp³-hybridized carbons (Fsp3) is 0.115. The van der Waals surface area contributed by atoms with Crippen molar-refractivity contribution < 1.29 is 23.5 Å². The first-order chi connectivity index (χ1) is 16.2. The van der Waals surface area contributed by atoms with Crippen molar-refractivity contribution >= 4 is 45.5 Å². The number of rotatable bonds is 5. The minimum atomic E-state index is -0.803. The number of nitrogens with zero attached hydrogens (tertiary/aromatic N) is 1. The van der Waals surface area contributed by atoms with Gasteiger partial charge in [0.05, 0.1) is 5.69 Å². The molecule has 1 aliphatic heterocycles. The molecule has 1 N–H and O–H groups in total. The lowest BCUT2D eigenvalue weighted by Gasteiger charge is -2.28. The Morgan fingerprint density at radius 1 is 1.03 bits per heavy atom. The highest BCUT2D eigenvalue weighted by Gasteiger charge is 2.37. The normalized spacial score (nSPS) is 15.0. The fourth-order valence-electron chi connectivity index (χ4n) is 3.51. The highest BCUT2D eigenvalue weighted by atomic mass is 79.9. The van der Waals surface area contributed by atoms with Crippen molar-refractivity contribution in [2.75, 3.05) is 4.90 Å². The second-order valence-corrected chi connectivity index (χ2v) is 8.69. The Kier molecular flexibility index (Phi) is 6.61. The van der Waals surface area contributed by atoms with Crippen molar-refractivity contribution in [1.82, 2.24) is 5.32 Å². The first-order valence-electron chi connectivity index (χ1n) is 10.4. The van der Waals surface area contributed by atoms with Gasteiger partial charge >= 0.3 is 6.03 Å². The molecule has 4 rings (SSSR count). The van der Waals surface area contributed by atoms with Gasteiger partial charge in [-0.05, 0) is 73.0 Å². The van der Waals surface area contributed by atoms with Crippen LogP contribution < -0.4 is 15.0 Å². The van der Waals surface area contributed by atoms with E-state index in [1.165, 1.54) is 18.2 Å². The molecule has 4 amide bonds. The van der Waals surface area contributed by atoms with Crippen molar-refractivity contribution in [3.05, 3.63) is 98.8 Å². The molecule has 0 aliphatic carbocycles. The quantitative estimate of drug-likeness (QED) is 0.357. The number of benzene rings is 3. The van der Waals surface area contributed by atoms with Crippen molar-refractivity contribution in [3.63, 3.8) is 0 Å². The molecule has 0 bridgehead atoms. The van der Waals surface area contributed by atoms with E-state index in [0.717, 1.165) is 21.6 Å². The number of barbiturate groups is 1. The largest absolute Gasteiger partial charge is 0.488 e. The van der Waals surface area contributed by atoms with Crippen LogP contribution in [0.5, 0.6) is 5.75 Å². The molecule has 1 aliphatic rings.